The summed E-state index contributed by atoms with van der Waals surface area (Å²) in [6.07, 6.45) is 17.9. The van der Waals surface area contributed by atoms with Gasteiger partial charge < -0.3 is 10.4 Å². The van der Waals surface area contributed by atoms with Gasteiger partial charge >= 0.3 is 0 Å². The molecule has 1 fully saturated rings. The normalized spacial score (nSPS) is 16.4. The van der Waals surface area contributed by atoms with Crippen LogP contribution in [0, 0.1) is 5.92 Å². The molecule has 0 saturated heterocycles. The number of hydrogen-bond donors (Lipinski definition) is 0. The predicted molar refractivity (Wildman–Crippen MR) is 90.3 cm³/mol. The fraction of sp³-hybridized carbons (Fsp3) is 1.00. The standard InChI is InChI=1S/C18H37N.H2O/c1-3-19(4-2)17-13-8-6-5-7-10-14-18-15-11-9-12-16-18;/h18H,3-17H2,1-2H3;1H2. The molecule has 0 radical (unpaired) electrons. The Hall–Kier alpha value is -0.0800. The van der Waals surface area contributed by atoms with Crippen molar-refractivity contribution in [3.8, 4) is 0 Å². The highest BCUT2D eigenvalue weighted by atomic mass is 16.0. The topological polar surface area (TPSA) is 34.7 Å². The molecule has 1 aliphatic rings. The maximum atomic E-state index is 2.54. The van der Waals surface area contributed by atoms with Crippen molar-refractivity contribution in [2.24, 2.45) is 5.92 Å². The van der Waals surface area contributed by atoms with Gasteiger partial charge in [-0.25, -0.2) is 0 Å². The van der Waals surface area contributed by atoms with Gasteiger partial charge in [0.05, 0.1) is 0 Å². The fourth-order valence-corrected chi connectivity index (χ4v) is 3.49. The van der Waals surface area contributed by atoms with Gasteiger partial charge in [0.15, 0.2) is 0 Å². The predicted octanol–water partition coefficient (Wildman–Crippen LogP) is 4.81. The highest BCUT2D eigenvalue weighted by Gasteiger charge is 2.12. The van der Waals surface area contributed by atoms with E-state index in [0.29, 0.717) is 0 Å². The van der Waals surface area contributed by atoms with Crippen LogP contribution in [0.3, 0.4) is 0 Å². The zero-order chi connectivity index (χ0) is 13.8. The first kappa shape index (κ1) is 19.9. The van der Waals surface area contributed by atoms with Crippen molar-refractivity contribution in [3.05, 3.63) is 0 Å². The third-order valence-corrected chi connectivity index (χ3v) is 4.96. The van der Waals surface area contributed by atoms with E-state index in [9.17, 15) is 0 Å². The lowest BCUT2D eigenvalue weighted by Gasteiger charge is -2.21. The minimum Gasteiger partial charge on any atom is -0.412 e. The molecule has 0 spiro atoms. The molecule has 0 unspecified atom stereocenters. The van der Waals surface area contributed by atoms with Crippen molar-refractivity contribution < 1.29 is 5.48 Å². The summed E-state index contributed by atoms with van der Waals surface area (Å²) in [5.41, 5.74) is 0. The van der Waals surface area contributed by atoms with Gasteiger partial charge in [-0.05, 0) is 32.0 Å². The molecule has 1 aliphatic carbocycles. The summed E-state index contributed by atoms with van der Waals surface area (Å²) in [5.74, 6) is 1.09. The van der Waals surface area contributed by atoms with Gasteiger partial charge in [0.25, 0.3) is 0 Å². The summed E-state index contributed by atoms with van der Waals surface area (Å²) in [7, 11) is 0. The minimum atomic E-state index is 0. The Morgan fingerprint density at radius 3 is 1.90 bits per heavy atom. The van der Waals surface area contributed by atoms with Gasteiger partial charge in [-0.3, -0.25) is 0 Å². The number of unbranched alkanes of at least 4 members (excludes halogenated alkanes) is 5. The average molecular weight is 286 g/mol. The lowest BCUT2D eigenvalue weighted by Crippen LogP contribution is -2.23. The molecule has 0 heterocycles. The number of rotatable bonds is 11. The molecule has 1 saturated carbocycles. The summed E-state index contributed by atoms with van der Waals surface area (Å²) >= 11 is 0. The van der Waals surface area contributed by atoms with E-state index in [0.717, 1.165) is 5.92 Å². The second kappa shape index (κ2) is 13.9. The molecule has 2 N–H and O–H groups in total. The average Bonchev–Trinajstić information content (AvgIpc) is 2.47. The van der Waals surface area contributed by atoms with Gasteiger partial charge in [0.1, 0.15) is 0 Å². The lowest BCUT2D eigenvalue weighted by atomic mass is 9.85. The molecule has 0 aromatic heterocycles. The van der Waals surface area contributed by atoms with Crippen LogP contribution in [-0.4, -0.2) is 30.0 Å². The van der Waals surface area contributed by atoms with E-state index in [1.165, 1.54) is 96.7 Å². The van der Waals surface area contributed by atoms with Crippen LogP contribution in [0.1, 0.15) is 90.9 Å². The Morgan fingerprint density at radius 1 is 0.750 bits per heavy atom. The van der Waals surface area contributed by atoms with Crippen molar-refractivity contribution in [1.29, 1.82) is 0 Å². The highest BCUT2D eigenvalue weighted by molar-refractivity contribution is 4.65. The summed E-state index contributed by atoms with van der Waals surface area (Å²) in [6.45, 7) is 8.30. The van der Waals surface area contributed by atoms with Crippen molar-refractivity contribution >= 4 is 0 Å². The zero-order valence-electron chi connectivity index (χ0n) is 14.1. The first-order chi connectivity index (χ1) is 9.36. The van der Waals surface area contributed by atoms with E-state index in [2.05, 4.69) is 18.7 Å². The van der Waals surface area contributed by atoms with Crippen molar-refractivity contribution in [1.82, 2.24) is 4.90 Å². The van der Waals surface area contributed by atoms with E-state index < -0.39 is 0 Å². The Labute approximate surface area is 127 Å². The third-order valence-electron chi connectivity index (χ3n) is 4.96. The van der Waals surface area contributed by atoms with E-state index in [1.54, 1.807) is 0 Å². The molecule has 0 bridgehead atoms. The molecule has 2 heteroatoms. The van der Waals surface area contributed by atoms with Crippen LogP contribution in [0.25, 0.3) is 0 Å². The summed E-state index contributed by atoms with van der Waals surface area (Å²) in [6, 6.07) is 0. The Kier molecular flexibility index (Phi) is 13.8. The Bertz CT molecular complexity index is 186. The second-order valence-electron chi connectivity index (χ2n) is 6.44. The van der Waals surface area contributed by atoms with Gasteiger partial charge in [0, 0.05) is 0 Å². The van der Waals surface area contributed by atoms with E-state index in [-0.39, 0.29) is 5.48 Å². The SMILES string of the molecule is CCN(CC)CCCCCCCCC1CCCCC1.O. The fourth-order valence-electron chi connectivity index (χ4n) is 3.49. The molecule has 0 aliphatic heterocycles. The number of hydrogen-bond acceptors (Lipinski definition) is 1. The molecule has 1 rings (SSSR count). The smallest absolute Gasteiger partial charge is 0.00190 e. The second-order valence-corrected chi connectivity index (χ2v) is 6.44. The van der Waals surface area contributed by atoms with Crippen LogP contribution in [0.2, 0.25) is 0 Å². The molecule has 0 aromatic rings. The summed E-state index contributed by atoms with van der Waals surface area (Å²) in [4.78, 5) is 2.54. The van der Waals surface area contributed by atoms with Gasteiger partial charge in [-0.2, -0.15) is 0 Å². The van der Waals surface area contributed by atoms with E-state index in [1.807, 2.05) is 0 Å². The Morgan fingerprint density at radius 2 is 1.30 bits per heavy atom. The van der Waals surface area contributed by atoms with Crippen LogP contribution >= 0.6 is 0 Å². The highest BCUT2D eigenvalue weighted by Crippen LogP contribution is 2.28. The molecule has 122 valence electrons. The van der Waals surface area contributed by atoms with E-state index >= 15 is 0 Å². The molecular formula is C18H39NO. The van der Waals surface area contributed by atoms with Gasteiger partial charge in [-0.1, -0.05) is 84.5 Å². The molecule has 20 heavy (non-hydrogen) atoms. The van der Waals surface area contributed by atoms with Crippen molar-refractivity contribution in [2.45, 2.75) is 90.9 Å². The molecule has 0 atom stereocenters. The molecular weight excluding hydrogens is 246 g/mol. The van der Waals surface area contributed by atoms with Crippen LogP contribution < -0.4 is 0 Å². The third kappa shape index (κ3) is 9.77. The summed E-state index contributed by atoms with van der Waals surface area (Å²) < 4.78 is 0. The molecule has 2 nitrogen and oxygen atoms in total. The lowest BCUT2D eigenvalue weighted by molar-refractivity contribution is 0.294. The molecule has 0 amide bonds. The monoisotopic (exact) mass is 285 g/mol. The largest absolute Gasteiger partial charge is 0.412 e. The Balaban J connectivity index is 0.00000361. The van der Waals surface area contributed by atoms with E-state index in [4.69, 9.17) is 0 Å². The van der Waals surface area contributed by atoms with Crippen molar-refractivity contribution in [3.63, 3.8) is 0 Å². The maximum Gasteiger partial charge on any atom is -0.00190 e. The van der Waals surface area contributed by atoms with Gasteiger partial charge in [0.2, 0.25) is 0 Å². The van der Waals surface area contributed by atoms with Crippen molar-refractivity contribution in [2.75, 3.05) is 19.6 Å². The first-order valence-corrected chi connectivity index (χ1v) is 9.09. The van der Waals surface area contributed by atoms with Crippen LogP contribution in [-0.2, 0) is 0 Å². The first-order valence-electron chi connectivity index (χ1n) is 9.09. The van der Waals surface area contributed by atoms with Crippen LogP contribution in [0.5, 0.6) is 0 Å². The van der Waals surface area contributed by atoms with Crippen LogP contribution in [0.4, 0.5) is 0 Å². The summed E-state index contributed by atoms with van der Waals surface area (Å²) in [5, 5.41) is 0. The zero-order valence-corrected chi connectivity index (χ0v) is 14.1. The quantitative estimate of drug-likeness (QED) is 0.501. The maximum absolute atomic E-state index is 2.54. The number of nitrogens with zero attached hydrogens (tertiary/aromatic N) is 1. The van der Waals surface area contributed by atoms with Crippen LogP contribution in [0.15, 0.2) is 0 Å². The van der Waals surface area contributed by atoms with Gasteiger partial charge in [-0.15, -0.1) is 0 Å². The minimum absolute atomic E-state index is 0. The molecule has 0 aromatic carbocycles.